The summed E-state index contributed by atoms with van der Waals surface area (Å²) in [5, 5.41) is 0. The minimum atomic E-state index is -1.15. The lowest BCUT2D eigenvalue weighted by atomic mass is 9.99. The molecule has 7 nitrogen and oxygen atoms in total. The van der Waals surface area contributed by atoms with Crippen LogP contribution in [0.25, 0.3) is 0 Å². The minimum absolute atomic E-state index is 0.161. The summed E-state index contributed by atoms with van der Waals surface area (Å²) < 4.78 is 10.1. The third-order valence-electron chi connectivity index (χ3n) is 4.91. The maximum atomic E-state index is 12.9. The highest BCUT2D eigenvalue weighted by atomic mass is 16.5. The standard InChI is InChI=1S/C21H30N2O5/c1-5-27-20(26)21(3,4)23(19(25)15-28-16(2)24)18-11-12-22(14-18)13-17-9-7-6-8-10-17/h6-10,18H,5,11-15H2,1-4H3/t18-/m1/s1. The predicted octanol–water partition coefficient (Wildman–Crippen LogP) is 1.99. The van der Waals surface area contributed by atoms with E-state index in [4.69, 9.17) is 9.47 Å². The molecule has 28 heavy (non-hydrogen) atoms. The number of benzene rings is 1. The Kier molecular flexibility index (Phi) is 7.57. The van der Waals surface area contributed by atoms with E-state index in [1.807, 2.05) is 18.2 Å². The molecule has 1 aliphatic rings. The number of likely N-dealkylation sites (tertiary alicyclic amines) is 1. The van der Waals surface area contributed by atoms with Gasteiger partial charge in [0.05, 0.1) is 6.61 Å². The van der Waals surface area contributed by atoms with Gasteiger partial charge in [-0.2, -0.15) is 0 Å². The summed E-state index contributed by atoms with van der Waals surface area (Å²) in [6.07, 6.45) is 0.738. The summed E-state index contributed by atoms with van der Waals surface area (Å²) in [5.74, 6) is -1.38. The van der Waals surface area contributed by atoms with Crippen LogP contribution in [-0.4, -0.2) is 65.5 Å². The molecule has 0 aromatic heterocycles. The highest BCUT2D eigenvalue weighted by Crippen LogP contribution is 2.27. The number of rotatable bonds is 8. The number of nitrogens with zero attached hydrogens (tertiary/aromatic N) is 2. The first-order valence-electron chi connectivity index (χ1n) is 9.64. The fourth-order valence-corrected chi connectivity index (χ4v) is 3.62. The molecule has 7 heteroatoms. The van der Waals surface area contributed by atoms with Crippen LogP contribution in [0.15, 0.2) is 30.3 Å². The Balaban J connectivity index is 2.15. The van der Waals surface area contributed by atoms with Gasteiger partial charge >= 0.3 is 11.9 Å². The molecular formula is C21H30N2O5. The summed E-state index contributed by atoms with van der Waals surface area (Å²) in [7, 11) is 0. The molecule has 0 aliphatic carbocycles. The third kappa shape index (κ3) is 5.55. The van der Waals surface area contributed by atoms with Gasteiger partial charge < -0.3 is 14.4 Å². The normalized spacial score (nSPS) is 17.2. The van der Waals surface area contributed by atoms with E-state index in [0.29, 0.717) is 6.54 Å². The number of hydrogen-bond donors (Lipinski definition) is 0. The number of esters is 2. The molecule has 0 unspecified atom stereocenters. The van der Waals surface area contributed by atoms with E-state index in [0.717, 1.165) is 19.5 Å². The molecule has 0 radical (unpaired) electrons. The Hall–Kier alpha value is -2.41. The van der Waals surface area contributed by atoms with Crippen molar-refractivity contribution in [2.45, 2.75) is 52.2 Å². The van der Waals surface area contributed by atoms with E-state index < -0.39 is 17.5 Å². The largest absolute Gasteiger partial charge is 0.464 e. The average molecular weight is 390 g/mol. The van der Waals surface area contributed by atoms with Gasteiger partial charge in [-0.05, 0) is 32.8 Å². The van der Waals surface area contributed by atoms with Gasteiger partial charge in [-0.25, -0.2) is 4.79 Å². The number of hydrogen-bond acceptors (Lipinski definition) is 6. The molecule has 0 N–H and O–H groups in total. The Labute approximate surface area is 166 Å². The Morgan fingerprint density at radius 3 is 2.46 bits per heavy atom. The van der Waals surface area contributed by atoms with E-state index >= 15 is 0 Å². The van der Waals surface area contributed by atoms with Crippen molar-refractivity contribution in [3.8, 4) is 0 Å². The molecule has 0 spiro atoms. The lowest BCUT2D eigenvalue weighted by Crippen LogP contribution is -2.59. The monoisotopic (exact) mass is 390 g/mol. The van der Waals surface area contributed by atoms with E-state index in [9.17, 15) is 14.4 Å². The first-order chi connectivity index (χ1) is 13.3. The second-order valence-corrected chi connectivity index (χ2v) is 7.49. The summed E-state index contributed by atoms with van der Waals surface area (Å²) in [6, 6.07) is 9.96. The van der Waals surface area contributed by atoms with Crippen molar-refractivity contribution in [1.82, 2.24) is 9.80 Å². The van der Waals surface area contributed by atoms with Gasteiger partial charge in [-0.15, -0.1) is 0 Å². The highest BCUT2D eigenvalue weighted by molar-refractivity contribution is 5.89. The smallest absolute Gasteiger partial charge is 0.331 e. The maximum Gasteiger partial charge on any atom is 0.331 e. The molecule has 1 aliphatic heterocycles. The molecular weight excluding hydrogens is 360 g/mol. The van der Waals surface area contributed by atoms with Crippen LogP contribution in [0.2, 0.25) is 0 Å². The van der Waals surface area contributed by atoms with Gasteiger partial charge in [-0.3, -0.25) is 14.5 Å². The maximum absolute atomic E-state index is 12.9. The first-order valence-corrected chi connectivity index (χ1v) is 9.64. The number of ether oxygens (including phenoxy) is 2. The van der Waals surface area contributed by atoms with Gasteiger partial charge in [0.15, 0.2) is 6.61 Å². The summed E-state index contributed by atoms with van der Waals surface area (Å²) in [5.41, 5.74) is 0.0475. The molecule has 2 rings (SSSR count). The quantitative estimate of drug-likeness (QED) is 0.632. The minimum Gasteiger partial charge on any atom is -0.464 e. The van der Waals surface area contributed by atoms with Gasteiger partial charge in [-0.1, -0.05) is 30.3 Å². The number of carbonyl (C=O) groups is 3. The first kappa shape index (κ1) is 21.9. The highest BCUT2D eigenvalue weighted by Gasteiger charge is 2.45. The second-order valence-electron chi connectivity index (χ2n) is 7.49. The van der Waals surface area contributed by atoms with E-state index in [1.165, 1.54) is 12.5 Å². The molecule has 1 heterocycles. The van der Waals surface area contributed by atoms with Crippen LogP contribution in [0, 0.1) is 0 Å². The van der Waals surface area contributed by atoms with Crippen LogP contribution in [0.1, 0.15) is 39.7 Å². The van der Waals surface area contributed by atoms with Crippen LogP contribution in [0.4, 0.5) is 0 Å². The van der Waals surface area contributed by atoms with Crippen molar-refractivity contribution in [2.75, 3.05) is 26.3 Å². The van der Waals surface area contributed by atoms with Gasteiger partial charge in [0.25, 0.3) is 5.91 Å². The molecule has 154 valence electrons. The predicted molar refractivity (Wildman–Crippen MR) is 104 cm³/mol. The Morgan fingerprint density at radius 2 is 1.86 bits per heavy atom. The fourth-order valence-electron chi connectivity index (χ4n) is 3.62. The van der Waals surface area contributed by atoms with Crippen molar-refractivity contribution in [3.63, 3.8) is 0 Å². The molecule has 0 saturated carbocycles. The van der Waals surface area contributed by atoms with Crippen molar-refractivity contribution < 1.29 is 23.9 Å². The summed E-state index contributed by atoms with van der Waals surface area (Å²) in [4.78, 5) is 40.4. The Bertz CT molecular complexity index is 689. The van der Waals surface area contributed by atoms with Gasteiger partial charge in [0.2, 0.25) is 0 Å². The van der Waals surface area contributed by atoms with Crippen LogP contribution < -0.4 is 0 Å². The van der Waals surface area contributed by atoms with Crippen molar-refractivity contribution in [3.05, 3.63) is 35.9 Å². The van der Waals surface area contributed by atoms with Crippen molar-refractivity contribution in [1.29, 1.82) is 0 Å². The SMILES string of the molecule is CCOC(=O)C(C)(C)N(C(=O)COC(C)=O)[C@@H]1CCN(Cc2ccccc2)C1. The van der Waals surface area contributed by atoms with Crippen LogP contribution in [0.3, 0.4) is 0 Å². The zero-order chi connectivity index (χ0) is 20.7. The summed E-state index contributed by atoms with van der Waals surface area (Å²) >= 11 is 0. The van der Waals surface area contributed by atoms with Gasteiger partial charge in [0.1, 0.15) is 5.54 Å². The third-order valence-corrected chi connectivity index (χ3v) is 4.91. The molecule has 1 fully saturated rings. The zero-order valence-corrected chi connectivity index (χ0v) is 17.1. The lowest BCUT2D eigenvalue weighted by Gasteiger charge is -2.40. The van der Waals surface area contributed by atoms with E-state index in [-0.39, 0.29) is 25.2 Å². The van der Waals surface area contributed by atoms with Crippen LogP contribution in [-0.2, 0) is 30.4 Å². The average Bonchev–Trinajstić information content (AvgIpc) is 3.08. The Morgan fingerprint density at radius 1 is 1.18 bits per heavy atom. The second kappa shape index (κ2) is 9.68. The van der Waals surface area contributed by atoms with Crippen molar-refractivity contribution in [2.24, 2.45) is 0 Å². The van der Waals surface area contributed by atoms with Crippen LogP contribution in [0.5, 0.6) is 0 Å². The summed E-state index contributed by atoms with van der Waals surface area (Å²) in [6.45, 7) is 8.43. The van der Waals surface area contributed by atoms with E-state index in [2.05, 4.69) is 17.0 Å². The number of amides is 1. The number of carbonyl (C=O) groups excluding carboxylic acids is 3. The van der Waals surface area contributed by atoms with Gasteiger partial charge in [0, 0.05) is 32.6 Å². The molecule has 0 bridgehead atoms. The fraction of sp³-hybridized carbons (Fsp3) is 0.571. The zero-order valence-electron chi connectivity index (χ0n) is 17.1. The molecule has 1 saturated heterocycles. The van der Waals surface area contributed by atoms with Crippen LogP contribution >= 0.6 is 0 Å². The topological polar surface area (TPSA) is 76.1 Å². The molecule has 1 aromatic carbocycles. The molecule has 1 atom stereocenters. The molecule has 1 aromatic rings. The van der Waals surface area contributed by atoms with Crippen molar-refractivity contribution >= 4 is 17.8 Å². The molecule has 1 amide bonds. The van der Waals surface area contributed by atoms with E-state index in [1.54, 1.807) is 25.7 Å². The lowest BCUT2D eigenvalue weighted by molar-refractivity contribution is -0.167.